The van der Waals surface area contributed by atoms with Crippen LogP contribution in [-0.4, -0.2) is 18.6 Å². The SMILES string of the molecule is CC1Oc2cc(C(C)CN)ccc2NC1=O. The molecule has 0 saturated heterocycles. The lowest BCUT2D eigenvalue weighted by Crippen LogP contribution is -2.34. The number of carbonyl (C=O) groups is 1. The molecule has 1 aromatic carbocycles. The van der Waals surface area contributed by atoms with E-state index in [4.69, 9.17) is 10.5 Å². The first kappa shape index (κ1) is 11.0. The zero-order chi connectivity index (χ0) is 11.7. The molecule has 0 fully saturated rings. The molecule has 2 atom stereocenters. The van der Waals surface area contributed by atoms with Crippen LogP contribution in [0.4, 0.5) is 5.69 Å². The van der Waals surface area contributed by atoms with E-state index in [0.29, 0.717) is 12.5 Å². The van der Waals surface area contributed by atoms with E-state index in [1.54, 1.807) is 6.92 Å². The Kier molecular flexibility index (Phi) is 2.83. The van der Waals surface area contributed by atoms with Crippen molar-refractivity contribution < 1.29 is 9.53 Å². The van der Waals surface area contributed by atoms with Gasteiger partial charge in [-0.3, -0.25) is 4.79 Å². The van der Waals surface area contributed by atoms with Gasteiger partial charge in [0.05, 0.1) is 5.69 Å². The van der Waals surface area contributed by atoms with Gasteiger partial charge in [-0.05, 0) is 37.1 Å². The lowest BCUT2D eigenvalue weighted by molar-refractivity contribution is -0.122. The van der Waals surface area contributed by atoms with E-state index in [9.17, 15) is 4.79 Å². The molecule has 0 aliphatic carbocycles. The van der Waals surface area contributed by atoms with Crippen LogP contribution in [0.15, 0.2) is 18.2 Å². The third-order valence-electron chi connectivity index (χ3n) is 2.86. The van der Waals surface area contributed by atoms with Gasteiger partial charge in [0.15, 0.2) is 6.10 Å². The quantitative estimate of drug-likeness (QED) is 0.793. The summed E-state index contributed by atoms with van der Waals surface area (Å²) in [6, 6.07) is 5.78. The molecule has 0 spiro atoms. The molecule has 1 heterocycles. The molecule has 3 N–H and O–H groups in total. The molecular formula is C12H16N2O2. The number of rotatable bonds is 2. The fraction of sp³-hybridized carbons (Fsp3) is 0.417. The highest BCUT2D eigenvalue weighted by Crippen LogP contribution is 2.32. The van der Waals surface area contributed by atoms with E-state index in [1.807, 2.05) is 18.2 Å². The normalized spacial score (nSPS) is 20.7. The Morgan fingerprint density at radius 1 is 1.56 bits per heavy atom. The van der Waals surface area contributed by atoms with Crippen LogP contribution in [0.5, 0.6) is 5.75 Å². The summed E-state index contributed by atoms with van der Waals surface area (Å²) in [6.45, 7) is 4.39. The van der Waals surface area contributed by atoms with E-state index in [0.717, 1.165) is 17.0 Å². The monoisotopic (exact) mass is 220 g/mol. The molecule has 1 aliphatic rings. The van der Waals surface area contributed by atoms with Crippen LogP contribution in [0.2, 0.25) is 0 Å². The summed E-state index contributed by atoms with van der Waals surface area (Å²) in [5, 5.41) is 2.80. The summed E-state index contributed by atoms with van der Waals surface area (Å²) in [4.78, 5) is 11.4. The van der Waals surface area contributed by atoms with Crippen molar-refractivity contribution in [3.63, 3.8) is 0 Å². The van der Waals surface area contributed by atoms with Crippen LogP contribution in [0.1, 0.15) is 25.3 Å². The lowest BCUT2D eigenvalue weighted by atomic mass is 10.0. The van der Waals surface area contributed by atoms with Gasteiger partial charge >= 0.3 is 0 Å². The summed E-state index contributed by atoms with van der Waals surface area (Å²) in [7, 11) is 0. The van der Waals surface area contributed by atoms with Gasteiger partial charge in [0.1, 0.15) is 5.75 Å². The summed E-state index contributed by atoms with van der Waals surface area (Å²) in [5.41, 5.74) is 7.48. The minimum Gasteiger partial charge on any atom is -0.479 e. The maximum Gasteiger partial charge on any atom is 0.265 e. The predicted octanol–water partition coefficient (Wildman–Crippen LogP) is 1.47. The van der Waals surface area contributed by atoms with Crippen molar-refractivity contribution >= 4 is 11.6 Å². The van der Waals surface area contributed by atoms with E-state index in [1.165, 1.54) is 0 Å². The van der Waals surface area contributed by atoms with Gasteiger partial charge in [-0.2, -0.15) is 0 Å². The van der Waals surface area contributed by atoms with Gasteiger partial charge < -0.3 is 15.8 Å². The van der Waals surface area contributed by atoms with E-state index >= 15 is 0 Å². The van der Waals surface area contributed by atoms with Crippen LogP contribution in [0.25, 0.3) is 0 Å². The second-order valence-corrected chi connectivity index (χ2v) is 4.14. The van der Waals surface area contributed by atoms with Crippen LogP contribution >= 0.6 is 0 Å². The van der Waals surface area contributed by atoms with Crippen molar-refractivity contribution in [2.24, 2.45) is 5.73 Å². The molecule has 1 aromatic rings. The van der Waals surface area contributed by atoms with Crippen molar-refractivity contribution in [1.82, 2.24) is 0 Å². The Morgan fingerprint density at radius 2 is 2.31 bits per heavy atom. The maximum absolute atomic E-state index is 11.4. The van der Waals surface area contributed by atoms with Crippen molar-refractivity contribution in [2.45, 2.75) is 25.9 Å². The van der Waals surface area contributed by atoms with Gasteiger partial charge in [-0.15, -0.1) is 0 Å². The van der Waals surface area contributed by atoms with Gasteiger partial charge in [-0.25, -0.2) is 0 Å². The second-order valence-electron chi connectivity index (χ2n) is 4.14. The molecule has 1 amide bonds. The zero-order valence-corrected chi connectivity index (χ0v) is 9.49. The molecule has 16 heavy (non-hydrogen) atoms. The number of nitrogens with two attached hydrogens (primary N) is 1. The average molecular weight is 220 g/mol. The van der Waals surface area contributed by atoms with Crippen LogP contribution in [0.3, 0.4) is 0 Å². The van der Waals surface area contributed by atoms with Crippen molar-refractivity contribution in [3.05, 3.63) is 23.8 Å². The van der Waals surface area contributed by atoms with Gasteiger partial charge in [0.2, 0.25) is 0 Å². The van der Waals surface area contributed by atoms with Crippen LogP contribution in [-0.2, 0) is 4.79 Å². The number of anilines is 1. The summed E-state index contributed by atoms with van der Waals surface area (Å²) in [6.07, 6.45) is -0.434. The molecule has 0 radical (unpaired) electrons. The first-order chi connectivity index (χ1) is 7.61. The highest BCUT2D eigenvalue weighted by molar-refractivity contribution is 5.97. The Morgan fingerprint density at radius 3 is 3.00 bits per heavy atom. The molecule has 0 aromatic heterocycles. The van der Waals surface area contributed by atoms with Crippen molar-refractivity contribution in [3.8, 4) is 5.75 Å². The first-order valence-electron chi connectivity index (χ1n) is 5.43. The molecule has 1 aliphatic heterocycles. The van der Waals surface area contributed by atoms with Crippen molar-refractivity contribution in [2.75, 3.05) is 11.9 Å². The molecule has 0 bridgehead atoms. The lowest BCUT2D eigenvalue weighted by Gasteiger charge is -2.24. The molecule has 2 rings (SSSR count). The molecule has 86 valence electrons. The van der Waals surface area contributed by atoms with Crippen molar-refractivity contribution in [1.29, 1.82) is 0 Å². The number of hydrogen-bond donors (Lipinski definition) is 2. The summed E-state index contributed by atoms with van der Waals surface area (Å²) >= 11 is 0. The number of benzene rings is 1. The predicted molar refractivity (Wildman–Crippen MR) is 62.6 cm³/mol. The highest BCUT2D eigenvalue weighted by atomic mass is 16.5. The average Bonchev–Trinajstić information content (AvgIpc) is 2.29. The van der Waals surface area contributed by atoms with E-state index in [-0.39, 0.29) is 5.91 Å². The van der Waals surface area contributed by atoms with Crippen LogP contribution < -0.4 is 15.8 Å². The van der Waals surface area contributed by atoms with E-state index in [2.05, 4.69) is 12.2 Å². The third kappa shape index (κ3) is 1.88. The fourth-order valence-corrected chi connectivity index (χ4v) is 1.66. The highest BCUT2D eigenvalue weighted by Gasteiger charge is 2.23. The Labute approximate surface area is 94.8 Å². The van der Waals surface area contributed by atoms with Gasteiger partial charge in [0, 0.05) is 0 Å². The second kappa shape index (κ2) is 4.14. The molecule has 4 heteroatoms. The summed E-state index contributed by atoms with van der Waals surface area (Å²) in [5.74, 6) is 0.916. The number of amides is 1. The number of carbonyl (C=O) groups excluding carboxylic acids is 1. The maximum atomic E-state index is 11.4. The number of hydrogen-bond acceptors (Lipinski definition) is 3. The van der Waals surface area contributed by atoms with E-state index < -0.39 is 6.10 Å². The molecule has 4 nitrogen and oxygen atoms in total. The molecule has 0 saturated carbocycles. The molecular weight excluding hydrogens is 204 g/mol. The third-order valence-corrected chi connectivity index (χ3v) is 2.86. The molecule has 2 unspecified atom stereocenters. The fourth-order valence-electron chi connectivity index (χ4n) is 1.66. The van der Waals surface area contributed by atoms with Gasteiger partial charge in [-0.1, -0.05) is 13.0 Å². The summed E-state index contributed by atoms with van der Waals surface area (Å²) < 4.78 is 5.53. The Bertz CT molecular complexity index is 417. The minimum atomic E-state index is -0.434. The Balaban J connectivity index is 2.32. The minimum absolute atomic E-state index is 0.105. The van der Waals surface area contributed by atoms with Crippen LogP contribution in [0, 0.1) is 0 Å². The smallest absolute Gasteiger partial charge is 0.265 e. The van der Waals surface area contributed by atoms with Gasteiger partial charge in [0.25, 0.3) is 5.91 Å². The largest absolute Gasteiger partial charge is 0.479 e. The standard InChI is InChI=1S/C12H16N2O2/c1-7(6-13)9-3-4-10-11(5-9)16-8(2)12(15)14-10/h3-5,7-8H,6,13H2,1-2H3,(H,14,15). The number of fused-ring (bicyclic) bond motifs is 1. The number of ether oxygens (including phenoxy) is 1. The Hall–Kier alpha value is -1.55. The zero-order valence-electron chi connectivity index (χ0n) is 9.49. The topological polar surface area (TPSA) is 64.3 Å². The number of nitrogens with one attached hydrogen (secondary N) is 1. The first-order valence-corrected chi connectivity index (χ1v) is 5.43.